The average molecular weight is 314 g/mol. The first-order valence-electron chi connectivity index (χ1n) is 7.48. The van der Waals surface area contributed by atoms with Crippen LogP contribution in [0.5, 0.6) is 11.6 Å². The van der Waals surface area contributed by atoms with E-state index in [0.717, 1.165) is 5.56 Å². The summed E-state index contributed by atoms with van der Waals surface area (Å²) in [6.07, 6.45) is 1.17. The largest absolute Gasteiger partial charge is 0.483 e. The number of hydrogen-bond donors (Lipinski definition) is 1. The molecule has 1 aromatic carbocycles. The third-order valence-corrected chi connectivity index (χ3v) is 3.67. The highest BCUT2D eigenvalue weighted by atomic mass is 16.5. The summed E-state index contributed by atoms with van der Waals surface area (Å²) in [6.45, 7) is 1.26. The van der Waals surface area contributed by atoms with E-state index in [9.17, 15) is 4.79 Å². The fraction of sp³-hybridized carbons (Fsp3) is 0.294. The van der Waals surface area contributed by atoms with Crippen LogP contribution in [0, 0.1) is 0 Å². The number of pyridine rings is 1. The average Bonchev–Trinajstić information content (AvgIpc) is 3.04. The summed E-state index contributed by atoms with van der Waals surface area (Å²) >= 11 is 0. The summed E-state index contributed by atoms with van der Waals surface area (Å²) in [7, 11) is 0. The van der Waals surface area contributed by atoms with Gasteiger partial charge in [0.05, 0.1) is 6.54 Å². The van der Waals surface area contributed by atoms with Gasteiger partial charge < -0.3 is 19.5 Å². The maximum absolute atomic E-state index is 11.0. The Balaban J connectivity index is 1.63. The van der Waals surface area contributed by atoms with Crippen LogP contribution in [0.15, 0.2) is 48.7 Å². The van der Waals surface area contributed by atoms with Crippen LogP contribution in [0.2, 0.25) is 0 Å². The van der Waals surface area contributed by atoms with Gasteiger partial charge in [-0.15, -0.1) is 0 Å². The lowest BCUT2D eigenvalue weighted by Crippen LogP contribution is -2.29. The van der Waals surface area contributed by atoms with Crippen molar-refractivity contribution < 1.29 is 19.4 Å². The minimum absolute atomic E-state index is 0.194. The van der Waals surface area contributed by atoms with Crippen molar-refractivity contribution in [2.75, 3.05) is 13.1 Å². The Labute approximate surface area is 134 Å². The fourth-order valence-electron chi connectivity index (χ4n) is 2.47. The van der Waals surface area contributed by atoms with Crippen molar-refractivity contribution in [2.24, 2.45) is 0 Å². The number of nitrogens with zero attached hydrogens (tertiary/aromatic N) is 2. The molecule has 23 heavy (non-hydrogen) atoms. The van der Waals surface area contributed by atoms with Crippen LogP contribution in [-0.2, 0) is 6.61 Å². The number of carbonyl (C=O) groups is 1. The number of benzene rings is 1. The highest BCUT2D eigenvalue weighted by Crippen LogP contribution is 2.27. The van der Waals surface area contributed by atoms with Crippen molar-refractivity contribution in [3.8, 4) is 11.6 Å². The fourth-order valence-corrected chi connectivity index (χ4v) is 2.47. The monoisotopic (exact) mass is 314 g/mol. The Kier molecular flexibility index (Phi) is 4.61. The molecule has 1 atom stereocenters. The van der Waals surface area contributed by atoms with Gasteiger partial charge >= 0.3 is 6.09 Å². The van der Waals surface area contributed by atoms with Crippen molar-refractivity contribution in [1.82, 2.24) is 9.88 Å². The van der Waals surface area contributed by atoms with E-state index in [1.165, 1.54) is 4.90 Å². The second-order valence-electron chi connectivity index (χ2n) is 5.34. The number of rotatable bonds is 5. The van der Waals surface area contributed by atoms with E-state index in [4.69, 9.17) is 14.6 Å². The third kappa shape index (κ3) is 3.91. The lowest BCUT2D eigenvalue weighted by Gasteiger charge is -2.16. The van der Waals surface area contributed by atoms with Gasteiger partial charge in [0.15, 0.2) is 5.75 Å². The number of likely N-dealkylation sites (tertiary alicyclic amines) is 1. The summed E-state index contributed by atoms with van der Waals surface area (Å²) in [5.74, 6) is 0.964. The zero-order valence-corrected chi connectivity index (χ0v) is 12.6. The van der Waals surface area contributed by atoms with E-state index in [2.05, 4.69) is 4.98 Å². The molecular weight excluding hydrogens is 296 g/mol. The third-order valence-electron chi connectivity index (χ3n) is 3.67. The zero-order chi connectivity index (χ0) is 16.1. The van der Waals surface area contributed by atoms with Crippen LogP contribution in [0.3, 0.4) is 0 Å². The highest BCUT2D eigenvalue weighted by molar-refractivity contribution is 5.65. The van der Waals surface area contributed by atoms with Crippen molar-refractivity contribution in [3.05, 3.63) is 54.2 Å². The molecule has 0 radical (unpaired) electrons. The lowest BCUT2D eigenvalue weighted by atomic mass is 10.2. The molecule has 0 aliphatic carbocycles. The Morgan fingerprint density at radius 2 is 2.09 bits per heavy atom. The first-order valence-corrected chi connectivity index (χ1v) is 7.48. The van der Waals surface area contributed by atoms with Gasteiger partial charge in [-0.05, 0) is 17.7 Å². The van der Waals surface area contributed by atoms with E-state index in [0.29, 0.717) is 37.7 Å². The van der Waals surface area contributed by atoms with E-state index >= 15 is 0 Å². The predicted octanol–water partition coefficient (Wildman–Crippen LogP) is 2.79. The summed E-state index contributed by atoms with van der Waals surface area (Å²) in [6, 6.07) is 13.4. The van der Waals surface area contributed by atoms with E-state index in [-0.39, 0.29) is 6.10 Å². The van der Waals surface area contributed by atoms with Crippen LogP contribution in [0.4, 0.5) is 4.79 Å². The SMILES string of the molecule is O=C(O)N1CCC(Oc2ncccc2OCc2ccccc2)C1. The molecule has 2 aromatic rings. The number of ether oxygens (including phenoxy) is 2. The second kappa shape index (κ2) is 7.00. The molecular formula is C17H18N2O4. The predicted molar refractivity (Wildman–Crippen MR) is 83.6 cm³/mol. The van der Waals surface area contributed by atoms with Gasteiger partial charge in [-0.1, -0.05) is 30.3 Å². The molecule has 0 saturated carbocycles. The first-order chi connectivity index (χ1) is 11.2. The van der Waals surface area contributed by atoms with Crippen LogP contribution in [0.25, 0.3) is 0 Å². The molecule has 1 N–H and O–H groups in total. The molecule has 1 saturated heterocycles. The van der Waals surface area contributed by atoms with Crippen molar-refractivity contribution in [3.63, 3.8) is 0 Å². The Morgan fingerprint density at radius 3 is 2.83 bits per heavy atom. The molecule has 6 heteroatoms. The minimum Gasteiger partial charge on any atom is -0.483 e. The van der Waals surface area contributed by atoms with Gasteiger partial charge in [-0.2, -0.15) is 0 Å². The van der Waals surface area contributed by atoms with Gasteiger partial charge in [-0.25, -0.2) is 9.78 Å². The minimum atomic E-state index is -0.919. The molecule has 0 spiro atoms. The molecule has 0 bridgehead atoms. The molecule has 1 aliphatic rings. The summed E-state index contributed by atoms with van der Waals surface area (Å²) in [5.41, 5.74) is 1.06. The van der Waals surface area contributed by atoms with Crippen LogP contribution >= 0.6 is 0 Å². The van der Waals surface area contributed by atoms with Gasteiger partial charge in [0.25, 0.3) is 5.88 Å². The molecule has 1 fully saturated rings. The number of carboxylic acid groups (broad SMARTS) is 1. The second-order valence-corrected chi connectivity index (χ2v) is 5.34. The molecule has 1 amide bonds. The molecule has 1 aliphatic heterocycles. The van der Waals surface area contributed by atoms with Crippen molar-refractivity contribution in [2.45, 2.75) is 19.1 Å². The summed E-state index contributed by atoms with van der Waals surface area (Å²) in [5, 5.41) is 8.99. The standard InChI is InChI=1S/C17H18N2O4/c20-17(21)19-10-8-14(11-19)23-16-15(7-4-9-18-16)22-12-13-5-2-1-3-6-13/h1-7,9,14H,8,10-12H2,(H,20,21). The number of aromatic nitrogens is 1. The van der Waals surface area contributed by atoms with Gasteiger partial charge in [-0.3, -0.25) is 0 Å². The first kappa shape index (κ1) is 15.1. The Bertz CT molecular complexity index is 663. The van der Waals surface area contributed by atoms with Gasteiger partial charge in [0.1, 0.15) is 12.7 Å². The summed E-state index contributed by atoms with van der Waals surface area (Å²) < 4.78 is 11.6. The molecule has 6 nitrogen and oxygen atoms in total. The van der Waals surface area contributed by atoms with E-state index in [1.54, 1.807) is 18.3 Å². The quantitative estimate of drug-likeness (QED) is 0.919. The van der Waals surface area contributed by atoms with Crippen molar-refractivity contribution in [1.29, 1.82) is 0 Å². The van der Waals surface area contributed by atoms with Crippen molar-refractivity contribution >= 4 is 6.09 Å². The lowest BCUT2D eigenvalue weighted by molar-refractivity contribution is 0.142. The molecule has 2 heterocycles. The van der Waals surface area contributed by atoms with Gasteiger partial charge in [0.2, 0.25) is 0 Å². The Morgan fingerprint density at radius 1 is 1.26 bits per heavy atom. The maximum Gasteiger partial charge on any atom is 0.407 e. The maximum atomic E-state index is 11.0. The number of amides is 1. The zero-order valence-electron chi connectivity index (χ0n) is 12.6. The normalized spacial score (nSPS) is 17.0. The smallest absolute Gasteiger partial charge is 0.407 e. The van der Waals surface area contributed by atoms with Gasteiger partial charge in [0, 0.05) is 19.2 Å². The topological polar surface area (TPSA) is 71.9 Å². The molecule has 1 unspecified atom stereocenters. The van der Waals surface area contributed by atoms with E-state index in [1.807, 2.05) is 30.3 Å². The molecule has 120 valence electrons. The van der Waals surface area contributed by atoms with Crippen LogP contribution < -0.4 is 9.47 Å². The molecule has 3 rings (SSSR count). The van der Waals surface area contributed by atoms with Crippen LogP contribution in [0.1, 0.15) is 12.0 Å². The van der Waals surface area contributed by atoms with E-state index < -0.39 is 6.09 Å². The number of hydrogen-bond acceptors (Lipinski definition) is 4. The summed E-state index contributed by atoms with van der Waals surface area (Å²) in [4.78, 5) is 16.5. The highest BCUT2D eigenvalue weighted by Gasteiger charge is 2.28. The Hall–Kier alpha value is -2.76. The molecule has 1 aromatic heterocycles. The van der Waals surface area contributed by atoms with Crippen LogP contribution in [-0.4, -0.2) is 40.3 Å².